The molecule has 2 nitrogen and oxygen atoms in total. The van der Waals surface area contributed by atoms with Gasteiger partial charge >= 0.3 is 0 Å². The van der Waals surface area contributed by atoms with Crippen LogP contribution in [0.1, 0.15) is 0 Å². The van der Waals surface area contributed by atoms with Crippen LogP contribution in [0.4, 0.5) is 0 Å². The predicted octanol–water partition coefficient (Wildman–Crippen LogP) is 3.91. The molecule has 3 rings (SSSR count). The van der Waals surface area contributed by atoms with E-state index in [1.54, 1.807) is 7.11 Å². The first-order valence-corrected chi connectivity index (χ1v) is 5.86. The lowest BCUT2D eigenvalue weighted by molar-refractivity contribution is 0.398. The van der Waals surface area contributed by atoms with Gasteiger partial charge in [-0.1, -0.05) is 42.5 Å². The van der Waals surface area contributed by atoms with Gasteiger partial charge in [0.15, 0.2) is 0 Å². The van der Waals surface area contributed by atoms with Gasteiger partial charge in [0.25, 0.3) is 0 Å². The van der Waals surface area contributed by atoms with Crippen LogP contribution in [0.25, 0.3) is 21.9 Å². The van der Waals surface area contributed by atoms with E-state index in [1.165, 1.54) is 16.3 Å². The molecule has 1 heterocycles. The molecule has 0 bridgehead atoms. The molecule has 0 aliphatic carbocycles. The number of ether oxygens (including phenoxy) is 1. The van der Waals surface area contributed by atoms with Crippen molar-refractivity contribution in [1.29, 1.82) is 0 Å². The minimum Gasteiger partial charge on any atom is -0.481 e. The van der Waals surface area contributed by atoms with Crippen LogP contribution in [0, 0.1) is 0 Å². The van der Waals surface area contributed by atoms with Crippen LogP contribution < -0.4 is 4.74 Å². The van der Waals surface area contributed by atoms with E-state index in [4.69, 9.17) is 4.74 Å². The van der Waals surface area contributed by atoms with Gasteiger partial charge in [-0.25, -0.2) is 4.98 Å². The van der Waals surface area contributed by atoms with Crippen molar-refractivity contribution in [3.63, 3.8) is 0 Å². The predicted molar refractivity (Wildman–Crippen MR) is 73.7 cm³/mol. The first-order valence-electron chi connectivity index (χ1n) is 5.86. The highest BCUT2D eigenvalue weighted by Gasteiger charge is 2.03. The fraction of sp³-hybridized carbons (Fsp3) is 0.0625. The molecule has 2 aromatic carbocycles. The molecule has 0 radical (unpaired) electrons. The molecule has 0 aliphatic heterocycles. The number of methoxy groups -OCH3 is 1. The number of hydrogen-bond donors (Lipinski definition) is 0. The number of benzene rings is 2. The summed E-state index contributed by atoms with van der Waals surface area (Å²) < 4.78 is 5.08. The molecule has 0 saturated heterocycles. The van der Waals surface area contributed by atoms with Gasteiger partial charge in [0.1, 0.15) is 0 Å². The van der Waals surface area contributed by atoms with Gasteiger partial charge in [-0.3, -0.25) is 0 Å². The molecule has 0 unspecified atom stereocenters. The summed E-state index contributed by atoms with van der Waals surface area (Å²) in [5.74, 6) is 0.638. The highest BCUT2D eigenvalue weighted by atomic mass is 16.5. The van der Waals surface area contributed by atoms with Crippen molar-refractivity contribution >= 4 is 10.8 Å². The molecule has 0 aliphatic rings. The maximum absolute atomic E-state index is 5.08. The smallest absolute Gasteiger partial charge is 0.212 e. The van der Waals surface area contributed by atoms with Crippen molar-refractivity contribution in [1.82, 2.24) is 4.98 Å². The Morgan fingerprint density at radius 2 is 1.72 bits per heavy atom. The topological polar surface area (TPSA) is 22.1 Å². The van der Waals surface area contributed by atoms with Crippen LogP contribution in [0.5, 0.6) is 5.88 Å². The molecule has 88 valence electrons. The van der Waals surface area contributed by atoms with Gasteiger partial charge in [0.05, 0.1) is 7.11 Å². The van der Waals surface area contributed by atoms with Crippen molar-refractivity contribution < 1.29 is 4.74 Å². The summed E-state index contributed by atoms with van der Waals surface area (Å²) in [4.78, 5) is 4.26. The number of hydrogen-bond acceptors (Lipinski definition) is 2. The van der Waals surface area contributed by atoms with E-state index >= 15 is 0 Å². The third-order valence-corrected chi connectivity index (χ3v) is 3.05. The van der Waals surface area contributed by atoms with Crippen LogP contribution in [0.15, 0.2) is 60.8 Å². The van der Waals surface area contributed by atoms with Crippen molar-refractivity contribution in [2.75, 3.05) is 7.11 Å². The van der Waals surface area contributed by atoms with E-state index in [9.17, 15) is 0 Å². The summed E-state index contributed by atoms with van der Waals surface area (Å²) in [5, 5.41) is 2.48. The molecule has 0 fully saturated rings. The Morgan fingerprint density at radius 1 is 0.889 bits per heavy atom. The summed E-state index contributed by atoms with van der Waals surface area (Å²) >= 11 is 0. The zero-order chi connectivity index (χ0) is 12.4. The van der Waals surface area contributed by atoms with Crippen LogP contribution in [0.2, 0.25) is 0 Å². The molecule has 0 amide bonds. The second-order valence-electron chi connectivity index (χ2n) is 4.12. The van der Waals surface area contributed by atoms with Gasteiger partial charge in [0.2, 0.25) is 5.88 Å². The molecular weight excluding hydrogens is 222 g/mol. The molecule has 3 aromatic rings. The Kier molecular flexibility index (Phi) is 2.69. The number of fused-ring (bicyclic) bond motifs is 1. The first kappa shape index (κ1) is 10.8. The number of pyridine rings is 1. The fourth-order valence-electron chi connectivity index (χ4n) is 2.14. The van der Waals surface area contributed by atoms with E-state index in [1.807, 2.05) is 18.3 Å². The van der Waals surface area contributed by atoms with E-state index in [2.05, 4.69) is 47.4 Å². The van der Waals surface area contributed by atoms with Crippen molar-refractivity contribution in [3.05, 3.63) is 60.8 Å². The van der Waals surface area contributed by atoms with Crippen LogP contribution in [-0.4, -0.2) is 12.1 Å². The Hall–Kier alpha value is -2.35. The van der Waals surface area contributed by atoms with Gasteiger partial charge in [-0.15, -0.1) is 0 Å². The zero-order valence-electron chi connectivity index (χ0n) is 10.1. The largest absolute Gasteiger partial charge is 0.481 e. The summed E-state index contributed by atoms with van der Waals surface area (Å²) in [5.41, 5.74) is 2.30. The molecule has 0 N–H and O–H groups in total. The molecular formula is C16H13NO. The van der Waals surface area contributed by atoms with Crippen LogP contribution in [-0.2, 0) is 0 Å². The summed E-state index contributed by atoms with van der Waals surface area (Å²) in [6.07, 6.45) is 1.85. The van der Waals surface area contributed by atoms with Gasteiger partial charge < -0.3 is 4.74 Å². The third kappa shape index (κ3) is 1.82. The van der Waals surface area contributed by atoms with Crippen molar-refractivity contribution in [3.8, 4) is 17.0 Å². The second-order valence-corrected chi connectivity index (χ2v) is 4.12. The van der Waals surface area contributed by atoms with Gasteiger partial charge in [-0.2, -0.15) is 0 Å². The minimum atomic E-state index is 0.638. The highest BCUT2D eigenvalue weighted by Crippen LogP contribution is 2.28. The number of nitrogens with zero attached hydrogens (tertiary/aromatic N) is 1. The van der Waals surface area contributed by atoms with E-state index in [-0.39, 0.29) is 0 Å². The average Bonchev–Trinajstić information content (AvgIpc) is 2.47. The SMILES string of the molecule is COc1ccc(-c2cccc3ccccc23)cn1. The lowest BCUT2D eigenvalue weighted by Crippen LogP contribution is -1.87. The number of aromatic nitrogens is 1. The average molecular weight is 235 g/mol. The first-order chi connectivity index (χ1) is 8.88. The van der Waals surface area contributed by atoms with Crippen LogP contribution >= 0.6 is 0 Å². The van der Waals surface area contributed by atoms with Gasteiger partial charge in [-0.05, 0) is 22.4 Å². The fourth-order valence-corrected chi connectivity index (χ4v) is 2.14. The summed E-state index contributed by atoms with van der Waals surface area (Å²) in [7, 11) is 1.62. The van der Waals surface area contributed by atoms with Crippen LogP contribution in [0.3, 0.4) is 0 Å². The maximum Gasteiger partial charge on any atom is 0.212 e. The Labute approximate surface area is 106 Å². The molecule has 0 atom stereocenters. The normalized spacial score (nSPS) is 10.5. The monoisotopic (exact) mass is 235 g/mol. The summed E-state index contributed by atoms with van der Waals surface area (Å²) in [6.45, 7) is 0. The van der Waals surface area contributed by atoms with Crippen molar-refractivity contribution in [2.45, 2.75) is 0 Å². The third-order valence-electron chi connectivity index (χ3n) is 3.05. The molecule has 2 heteroatoms. The Balaban J connectivity index is 2.18. The quantitative estimate of drug-likeness (QED) is 0.671. The van der Waals surface area contributed by atoms with E-state index < -0.39 is 0 Å². The van der Waals surface area contributed by atoms with E-state index in [0.29, 0.717) is 5.88 Å². The maximum atomic E-state index is 5.08. The van der Waals surface area contributed by atoms with Crippen molar-refractivity contribution in [2.24, 2.45) is 0 Å². The lowest BCUT2D eigenvalue weighted by atomic mass is 10.00. The molecule has 1 aromatic heterocycles. The molecule has 18 heavy (non-hydrogen) atoms. The molecule has 0 spiro atoms. The minimum absolute atomic E-state index is 0.638. The lowest BCUT2D eigenvalue weighted by Gasteiger charge is -2.07. The number of rotatable bonds is 2. The second kappa shape index (κ2) is 4.49. The highest BCUT2D eigenvalue weighted by molar-refractivity contribution is 5.96. The summed E-state index contributed by atoms with van der Waals surface area (Å²) in [6, 6.07) is 18.6. The van der Waals surface area contributed by atoms with Gasteiger partial charge in [0, 0.05) is 17.8 Å². The Bertz CT molecular complexity index is 669. The molecule has 0 saturated carbocycles. The standard InChI is InChI=1S/C16H13NO/c1-18-16-10-9-13(11-17-16)15-8-4-6-12-5-2-3-7-14(12)15/h2-11H,1H3. The Morgan fingerprint density at radius 3 is 2.50 bits per heavy atom. The zero-order valence-corrected chi connectivity index (χ0v) is 10.1. The van der Waals surface area contributed by atoms with E-state index in [0.717, 1.165) is 5.56 Å².